The molecule has 3 heterocycles. The van der Waals surface area contributed by atoms with Gasteiger partial charge in [-0.05, 0) is 78.5 Å². The van der Waals surface area contributed by atoms with Crippen molar-refractivity contribution < 1.29 is 0 Å². The lowest BCUT2D eigenvalue weighted by molar-refractivity contribution is 0.264. The summed E-state index contributed by atoms with van der Waals surface area (Å²) in [6, 6.07) is 6.33. The van der Waals surface area contributed by atoms with Crippen LogP contribution in [-0.2, 0) is 0 Å². The fourth-order valence-corrected chi connectivity index (χ4v) is 5.32. The molecule has 5 rings (SSSR count). The van der Waals surface area contributed by atoms with E-state index in [-0.39, 0.29) is 5.56 Å². The lowest BCUT2D eigenvalue weighted by atomic mass is 9.90. The fourth-order valence-electron chi connectivity index (χ4n) is 4.79. The molecule has 1 spiro atoms. The number of piperidine rings is 1. The quantitative estimate of drug-likeness (QED) is 0.710. The molecule has 1 atom stereocenters. The summed E-state index contributed by atoms with van der Waals surface area (Å²) >= 11 is 3.53. The third kappa shape index (κ3) is 3.28. The van der Waals surface area contributed by atoms with Gasteiger partial charge < -0.3 is 9.80 Å². The molecular formula is C21H26BrN5O. The van der Waals surface area contributed by atoms with Crippen LogP contribution in [0.3, 0.4) is 0 Å². The Morgan fingerprint density at radius 2 is 2.07 bits per heavy atom. The smallest absolute Gasteiger partial charge is 0.289 e. The third-order valence-electron chi connectivity index (χ3n) is 6.90. The highest BCUT2D eigenvalue weighted by Gasteiger charge is 2.55. The van der Waals surface area contributed by atoms with Crippen LogP contribution in [-0.4, -0.2) is 52.4 Å². The molecule has 1 aliphatic heterocycles. The zero-order valence-corrected chi connectivity index (χ0v) is 17.8. The minimum absolute atomic E-state index is 0.160. The molecule has 0 N–H and O–H groups in total. The van der Waals surface area contributed by atoms with Gasteiger partial charge in [-0.2, -0.15) is 9.78 Å². The van der Waals surface area contributed by atoms with E-state index in [1.807, 2.05) is 12.1 Å². The van der Waals surface area contributed by atoms with Crippen molar-refractivity contribution in [1.82, 2.24) is 19.7 Å². The SMILES string of the molecule is CN(CC1CC12CCN(c1cnn(-c3ccccn3)c(=O)c1Br)CC2)C1CC1. The first kappa shape index (κ1) is 18.3. The first-order valence-corrected chi connectivity index (χ1v) is 11.0. The molecule has 7 heteroatoms. The topological polar surface area (TPSA) is 54.3 Å². The predicted molar refractivity (Wildman–Crippen MR) is 113 cm³/mol. The zero-order chi connectivity index (χ0) is 19.3. The molecule has 6 nitrogen and oxygen atoms in total. The number of aromatic nitrogens is 3. The van der Waals surface area contributed by atoms with Crippen LogP contribution in [0.5, 0.6) is 0 Å². The summed E-state index contributed by atoms with van der Waals surface area (Å²) < 4.78 is 1.92. The van der Waals surface area contributed by atoms with Crippen LogP contribution in [0.25, 0.3) is 5.82 Å². The van der Waals surface area contributed by atoms with Crippen LogP contribution in [0.4, 0.5) is 5.69 Å². The Hall–Kier alpha value is -1.73. The van der Waals surface area contributed by atoms with Crippen LogP contribution in [0.15, 0.2) is 39.9 Å². The van der Waals surface area contributed by atoms with Crippen molar-refractivity contribution >= 4 is 21.6 Å². The van der Waals surface area contributed by atoms with Crippen LogP contribution in [0, 0.1) is 11.3 Å². The molecule has 0 amide bonds. The summed E-state index contributed by atoms with van der Waals surface area (Å²) in [6.07, 6.45) is 10.0. The van der Waals surface area contributed by atoms with Crippen molar-refractivity contribution in [3.05, 3.63) is 45.4 Å². The van der Waals surface area contributed by atoms with Gasteiger partial charge in [0.05, 0.1) is 11.9 Å². The van der Waals surface area contributed by atoms with Crippen molar-refractivity contribution in [2.75, 3.05) is 31.6 Å². The van der Waals surface area contributed by atoms with Crippen LogP contribution < -0.4 is 10.5 Å². The Balaban J connectivity index is 1.27. The Labute approximate surface area is 173 Å². The molecular weight excluding hydrogens is 418 g/mol. The zero-order valence-electron chi connectivity index (χ0n) is 16.2. The van der Waals surface area contributed by atoms with Crippen LogP contribution in [0.2, 0.25) is 0 Å². The normalized spacial score (nSPS) is 23.4. The van der Waals surface area contributed by atoms with Crippen molar-refractivity contribution in [3.63, 3.8) is 0 Å². The molecule has 3 aliphatic rings. The Bertz CT molecular complexity index is 918. The van der Waals surface area contributed by atoms with E-state index in [0.717, 1.165) is 30.7 Å². The number of hydrogen-bond donors (Lipinski definition) is 0. The van der Waals surface area contributed by atoms with E-state index in [2.05, 4.69) is 42.9 Å². The summed E-state index contributed by atoms with van der Waals surface area (Å²) in [5.74, 6) is 1.40. The van der Waals surface area contributed by atoms with Crippen LogP contribution in [0.1, 0.15) is 32.1 Å². The number of nitrogens with zero attached hydrogens (tertiary/aromatic N) is 5. The molecule has 2 aliphatic carbocycles. The minimum atomic E-state index is -0.160. The van der Waals surface area contributed by atoms with Gasteiger partial charge in [-0.25, -0.2) is 4.98 Å². The summed E-state index contributed by atoms with van der Waals surface area (Å²) in [6.45, 7) is 3.25. The molecule has 148 valence electrons. The number of anilines is 1. The molecule has 3 fully saturated rings. The van der Waals surface area contributed by atoms with E-state index in [0.29, 0.717) is 15.7 Å². The minimum Gasteiger partial charge on any atom is -0.369 e. The Kier molecular flexibility index (Phi) is 4.55. The maximum Gasteiger partial charge on any atom is 0.289 e. The van der Waals surface area contributed by atoms with Crippen molar-refractivity contribution in [3.8, 4) is 5.82 Å². The monoisotopic (exact) mass is 443 g/mol. The Morgan fingerprint density at radius 1 is 1.29 bits per heavy atom. The van der Waals surface area contributed by atoms with E-state index < -0.39 is 0 Å². The highest BCUT2D eigenvalue weighted by atomic mass is 79.9. The van der Waals surface area contributed by atoms with Gasteiger partial charge >= 0.3 is 0 Å². The lowest BCUT2D eigenvalue weighted by Gasteiger charge is -2.35. The summed E-state index contributed by atoms with van der Waals surface area (Å²) in [7, 11) is 2.29. The molecule has 1 unspecified atom stereocenters. The van der Waals surface area contributed by atoms with Gasteiger partial charge in [0.2, 0.25) is 0 Å². The van der Waals surface area contributed by atoms with E-state index in [4.69, 9.17) is 0 Å². The number of rotatable bonds is 5. The van der Waals surface area contributed by atoms with Gasteiger partial charge in [0.25, 0.3) is 5.56 Å². The van der Waals surface area contributed by atoms with Crippen molar-refractivity contribution in [2.45, 2.75) is 38.1 Å². The molecule has 28 heavy (non-hydrogen) atoms. The van der Waals surface area contributed by atoms with Gasteiger partial charge in [-0.3, -0.25) is 4.79 Å². The van der Waals surface area contributed by atoms with E-state index in [9.17, 15) is 4.79 Å². The highest BCUT2D eigenvalue weighted by Crippen LogP contribution is 2.60. The summed E-state index contributed by atoms with van der Waals surface area (Å²) in [5.41, 5.74) is 1.29. The van der Waals surface area contributed by atoms with Crippen LogP contribution >= 0.6 is 15.9 Å². The number of halogens is 1. The molecule has 1 saturated heterocycles. The van der Waals surface area contributed by atoms with Crippen molar-refractivity contribution in [1.29, 1.82) is 0 Å². The van der Waals surface area contributed by atoms with Crippen molar-refractivity contribution in [2.24, 2.45) is 11.3 Å². The van der Waals surface area contributed by atoms with Gasteiger partial charge in [-0.1, -0.05) is 6.07 Å². The predicted octanol–water partition coefficient (Wildman–Crippen LogP) is 3.09. The second kappa shape index (κ2) is 6.95. The summed E-state index contributed by atoms with van der Waals surface area (Å²) in [5, 5.41) is 4.38. The van der Waals surface area contributed by atoms with Gasteiger partial charge in [0.1, 0.15) is 4.47 Å². The maximum atomic E-state index is 12.8. The standard InChI is InChI=1S/C21H26BrN5O/c1-25(16-5-6-16)14-15-12-21(15)7-10-26(11-8-21)17-13-24-27(20(28)19(17)22)18-4-2-3-9-23-18/h2-4,9,13,15-16H,5-8,10-12,14H2,1H3. The highest BCUT2D eigenvalue weighted by molar-refractivity contribution is 9.10. The van der Waals surface area contributed by atoms with Gasteiger partial charge in [0.15, 0.2) is 5.82 Å². The molecule has 2 aromatic rings. The first-order valence-electron chi connectivity index (χ1n) is 10.2. The molecule has 0 radical (unpaired) electrons. The third-order valence-corrected chi connectivity index (χ3v) is 7.65. The number of pyridine rings is 1. The first-order chi connectivity index (χ1) is 13.6. The molecule has 0 aromatic carbocycles. The molecule has 0 bridgehead atoms. The fraction of sp³-hybridized carbons (Fsp3) is 0.571. The second-order valence-electron chi connectivity index (χ2n) is 8.67. The largest absolute Gasteiger partial charge is 0.369 e. The van der Waals surface area contributed by atoms with E-state index in [1.54, 1.807) is 18.5 Å². The summed E-state index contributed by atoms with van der Waals surface area (Å²) in [4.78, 5) is 21.9. The molecule has 2 aromatic heterocycles. The average Bonchev–Trinajstić information content (AvgIpc) is 3.63. The molecule has 2 saturated carbocycles. The van der Waals surface area contributed by atoms with E-state index >= 15 is 0 Å². The average molecular weight is 444 g/mol. The number of hydrogen-bond acceptors (Lipinski definition) is 5. The second-order valence-corrected chi connectivity index (χ2v) is 9.46. The maximum absolute atomic E-state index is 12.8. The van der Waals surface area contributed by atoms with E-state index in [1.165, 1.54) is 43.3 Å². The van der Waals surface area contributed by atoms with Gasteiger partial charge in [0, 0.05) is 31.9 Å². The van der Waals surface area contributed by atoms with Gasteiger partial charge in [-0.15, -0.1) is 0 Å². The lowest BCUT2D eigenvalue weighted by Crippen LogP contribution is -2.38. The Morgan fingerprint density at radius 3 is 2.75 bits per heavy atom.